The van der Waals surface area contributed by atoms with E-state index in [0.717, 1.165) is 50.3 Å². The van der Waals surface area contributed by atoms with Gasteiger partial charge in [0.15, 0.2) is 0 Å². The topological polar surface area (TPSA) is 54.0 Å². The van der Waals surface area contributed by atoms with Crippen molar-refractivity contribution in [3.05, 3.63) is 23.4 Å². The van der Waals surface area contributed by atoms with Gasteiger partial charge in [-0.2, -0.15) is 0 Å². The van der Waals surface area contributed by atoms with Crippen LogP contribution in [0.1, 0.15) is 63.0 Å². The highest BCUT2D eigenvalue weighted by Crippen LogP contribution is 2.13. The number of pyridine rings is 1. The fourth-order valence-corrected chi connectivity index (χ4v) is 1.96. The molecule has 0 aliphatic rings. The van der Waals surface area contributed by atoms with Crippen molar-refractivity contribution in [1.82, 2.24) is 10.3 Å². The molecular formula is C17H29N3O. The van der Waals surface area contributed by atoms with Gasteiger partial charge in [-0.3, -0.25) is 4.79 Å². The van der Waals surface area contributed by atoms with Crippen LogP contribution in [-0.4, -0.2) is 24.0 Å². The fourth-order valence-electron chi connectivity index (χ4n) is 1.96. The second-order valence-corrected chi connectivity index (χ2v) is 5.63. The zero-order valence-corrected chi connectivity index (χ0v) is 13.8. The highest BCUT2D eigenvalue weighted by Gasteiger charge is 2.10. The lowest BCUT2D eigenvalue weighted by Gasteiger charge is -2.12. The maximum atomic E-state index is 12.3. The van der Waals surface area contributed by atoms with Crippen LogP contribution in [0.4, 0.5) is 5.82 Å². The van der Waals surface area contributed by atoms with Gasteiger partial charge in [0.25, 0.3) is 5.91 Å². The van der Waals surface area contributed by atoms with Gasteiger partial charge >= 0.3 is 0 Å². The van der Waals surface area contributed by atoms with Gasteiger partial charge in [0.05, 0.1) is 0 Å². The lowest BCUT2D eigenvalue weighted by molar-refractivity contribution is 0.0947. The first-order chi connectivity index (χ1) is 10.1. The molecule has 1 aromatic heterocycles. The second-order valence-electron chi connectivity index (χ2n) is 5.63. The molecule has 4 heteroatoms. The minimum atomic E-state index is -0.00500. The number of carbonyl (C=O) groups excluding carboxylic acids is 1. The van der Waals surface area contributed by atoms with Gasteiger partial charge in [0.2, 0.25) is 0 Å². The number of hydrogen-bond donors (Lipinski definition) is 2. The number of anilines is 1. The van der Waals surface area contributed by atoms with Crippen molar-refractivity contribution < 1.29 is 4.79 Å². The third-order valence-electron chi connectivity index (χ3n) is 3.51. The van der Waals surface area contributed by atoms with E-state index in [4.69, 9.17) is 0 Å². The Bertz CT molecular complexity index is 446. The average molecular weight is 291 g/mol. The zero-order chi connectivity index (χ0) is 15.7. The Hall–Kier alpha value is -1.58. The number of amides is 1. The van der Waals surface area contributed by atoms with Gasteiger partial charge in [-0.05, 0) is 30.9 Å². The Morgan fingerprint density at radius 3 is 2.62 bits per heavy atom. The molecule has 1 amide bonds. The summed E-state index contributed by atoms with van der Waals surface area (Å²) in [6.45, 7) is 10.1. The molecule has 0 fully saturated rings. The molecule has 0 bridgehead atoms. The quantitative estimate of drug-likeness (QED) is 0.730. The molecule has 118 valence electrons. The Balaban J connectivity index is 2.82. The summed E-state index contributed by atoms with van der Waals surface area (Å²) < 4.78 is 0. The molecule has 0 saturated carbocycles. The molecule has 21 heavy (non-hydrogen) atoms. The van der Waals surface area contributed by atoms with Crippen LogP contribution in [0.2, 0.25) is 0 Å². The van der Waals surface area contributed by atoms with E-state index < -0.39 is 0 Å². The molecule has 0 radical (unpaired) electrons. The Morgan fingerprint density at radius 2 is 2.00 bits per heavy atom. The van der Waals surface area contributed by atoms with Crippen LogP contribution in [0.3, 0.4) is 0 Å². The minimum absolute atomic E-state index is 0.00500. The lowest BCUT2D eigenvalue weighted by atomic mass is 10.1. The molecule has 1 heterocycles. The van der Waals surface area contributed by atoms with Crippen LogP contribution in [-0.2, 0) is 6.42 Å². The Labute approximate surface area is 128 Å². The normalized spacial score (nSPS) is 12.0. The monoisotopic (exact) mass is 291 g/mol. The van der Waals surface area contributed by atoms with Gasteiger partial charge in [-0.1, -0.05) is 40.5 Å². The van der Waals surface area contributed by atoms with E-state index in [9.17, 15) is 4.79 Å². The highest BCUT2D eigenvalue weighted by molar-refractivity contribution is 5.95. The SMILES string of the molecule is CCCNc1cc(C(=O)NCC(C)CC)cc(CCC)n1. The van der Waals surface area contributed by atoms with E-state index >= 15 is 0 Å². The summed E-state index contributed by atoms with van der Waals surface area (Å²) in [7, 11) is 0. The molecule has 0 aromatic carbocycles. The largest absolute Gasteiger partial charge is 0.370 e. The van der Waals surface area contributed by atoms with Gasteiger partial charge in [0.1, 0.15) is 5.82 Å². The molecule has 0 aliphatic heterocycles. The molecular weight excluding hydrogens is 262 g/mol. The standard InChI is InChI=1S/C17H29N3O/c1-5-8-15-10-14(11-16(20-15)18-9-6-2)17(21)19-12-13(4)7-3/h10-11,13H,5-9,12H2,1-4H3,(H,18,20)(H,19,21). The average Bonchev–Trinajstić information content (AvgIpc) is 2.50. The molecule has 0 saturated heterocycles. The maximum Gasteiger partial charge on any atom is 0.251 e. The van der Waals surface area contributed by atoms with Gasteiger partial charge in [0, 0.05) is 24.3 Å². The molecule has 4 nitrogen and oxygen atoms in total. The summed E-state index contributed by atoms with van der Waals surface area (Å²) >= 11 is 0. The van der Waals surface area contributed by atoms with Crippen molar-refractivity contribution in [2.45, 2.75) is 53.4 Å². The summed E-state index contributed by atoms with van der Waals surface area (Å²) in [5.41, 5.74) is 1.68. The second kappa shape index (κ2) is 9.37. The van der Waals surface area contributed by atoms with Crippen molar-refractivity contribution >= 4 is 11.7 Å². The van der Waals surface area contributed by atoms with Gasteiger partial charge in [-0.25, -0.2) is 4.98 Å². The first-order valence-corrected chi connectivity index (χ1v) is 8.13. The first-order valence-electron chi connectivity index (χ1n) is 8.13. The summed E-state index contributed by atoms with van der Waals surface area (Å²) in [6, 6.07) is 3.76. The molecule has 1 unspecified atom stereocenters. The summed E-state index contributed by atoms with van der Waals surface area (Å²) in [5, 5.41) is 6.28. The number of nitrogens with zero attached hydrogens (tertiary/aromatic N) is 1. The minimum Gasteiger partial charge on any atom is -0.370 e. The number of aromatic nitrogens is 1. The van der Waals surface area contributed by atoms with E-state index in [-0.39, 0.29) is 5.91 Å². The van der Waals surface area contributed by atoms with Crippen molar-refractivity contribution in [2.24, 2.45) is 5.92 Å². The molecule has 1 atom stereocenters. The third-order valence-corrected chi connectivity index (χ3v) is 3.51. The molecule has 0 aliphatic carbocycles. The van der Waals surface area contributed by atoms with Crippen molar-refractivity contribution in [1.29, 1.82) is 0 Å². The predicted molar refractivity (Wildman–Crippen MR) is 88.8 cm³/mol. The van der Waals surface area contributed by atoms with E-state index in [1.165, 1.54) is 0 Å². The van der Waals surface area contributed by atoms with E-state index in [1.54, 1.807) is 0 Å². The summed E-state index contributed by atoms with van der Waals surface area (Å²) in [5.74, 6) is 1.30. The summed E-state index contributed by atoms with van der Waals surface area (Å²) in [6.07, 6.45) is 4.03. The molecule has 1 rings (SSSR count). The predicted octanol–water partition coefficient (Wildman–Crippen LogP) is 3.63. The van der Waals surface area contributed by atoms with Gasteiger partial charge in [-0.15, -0.1) is 0 Å². The van der Waals surface area contributed by atoms with Crippen LogP contribution in [0.15, 0.2) is 12.1 Å². The van der Waals surface area contributed by atoms with Crippen molar-refractivity contribution in [3.63, 3.8) is 0 Å². The van der Waals surface area contributed by atoms with E-state index in [1.807, 2.05) is 12.1 Å². The van der Waals surface area contributed by atoms with Crippen LogP contribution >= 0.6 is 0 Å². The molecule has 2 N–H and O–H groups in total. The summed E-state index contributed by atoms with van der Waals surface area (Å²) in [4.78, 5) is 16.8. The number of hydrogen-bond acceptors (Lipinski definition) is 3. The van der Waals surface area contributed by atoms with E-state index in [0.29, 0.717) is 11.5 Å². The van der Waals surface area contributed by atoms with Gasteiger partial charge < -0.3 is 10.6 Å². The third kappa shape index (κ3) is 6.15. The maximum absolute atomic E-state index is 12.3. The number of rotatable bonds is 9. The van der Waals surface area contributed by atoms with Crippen LogP contribution in [0, 0.1) is 5.92 Å². The lowest BCUT2D eigenvalue weighted by Crippen LogP contribution is -2.28. The highest BCUT2D eigenvalue weighted by atomic mass is 16.1. The Kier molecular flexibility index (Phi) is 7.80. The number of carbonyl (C=O) groups is 1. The van der Waals surface area contributed by atoms with Crippen LogP contribution < -0.4 is 10.6 Å². The Morgan fingerprint density at radius 1 is 1.24 bits per heavy atom. The fraction of sp³-hybridized carbons (Fsp3) is 0.647. The molecule has 0 spiro atoms. The van der Waals surface area contributed by atoms with E-state index in [2.05, 4.69) is 43.3 Å². The molecule has 1 aromatic rings. The van der Waals surface area contributed by atoms with Crippen molar-refractivity contribution in [3.8, 4) is 0 Å². The van der Waals surface area contributed by atoms with Crippen LogP contribution in [0.25, 0.3) is 0 Å². The first kappa shape index (κ1) is 17.5. The number of aryl methyl sites for hydroxylation is 1. The number of nitrogens with one attached hydrogen (secondary N) is 2. The smallest absolute Gasteiger partial charge is 0.251 e. The zero-order valence-electron chi connectivity index (χ0n) is 13.8. The van der Waals surface area contributed by atoms with Crippen molar-refractivity contribution in [2.75, 3.05) is 18.4 Å². The van der Waals surface area contributed by atoms with Crippen LogP contribution in [0.5, 0.6) is 0 Å².